The number of allylic oxidation sites excluding steroid dienone is 5. The van der Waals surface area contributed by atoms with E-state index in [1.54, 1.807) is 12.3 Å². The summed E-state index contributed by atoms with van der Waals surface area (Å²) in [6.07, 6.45) is 10.6. The van der Waals surface area contributed by atoms with Crippen molar-refractivity contribution in [1.82, 2.24) is 5.32 Å². The zero-order valence-electron chi connectivity index (χ0n) is 14.6. The minimum absolute atomic E-state index is 0.431. The van der Waals surface area contributed by atoms with Crippen LogP contribution in [0.1, 0.15) is 25.8 Å². The Morgan fingerprint density at radius 1 is 1.42 bits per heavy atom. The van der Waals surface area contributed by atoms with E-state index in [0.717, 1.165) is 52.5 Å². The van der Waals surface area contributed by atoms with Gasteiger partial charge in [0.25, 0.3) is 0 Å². The van der Waals surface area contributed by atoms with E-state index in [1.807, 2.05) is 19.1 Å². The SMILES string of the molecule is C=C/C=c1/cc(C(/C=C(/C)N)=C/CC)cc(NC2CNC2)/c1=C/N. The Morgan fingerprint density at radius 3 is 2.67 bits per heavy atom. The first-order chi connectivity index (χ1) is 11.6. The third-order valence-corrected chi connectivity index (χ3v) is 3.96. The van der Waals surface area contributed by atoms with E-state index in [4.69, 9.17) is 11.5 Å². The van der Waals surface area contributed by atoms with Crippen molar-refractivity contribution in [3.8, 4) is 0 Å². The summed E-state index contributed by atoms with van der Waals surface area (Å²) in [6, 6.07) is 4.71. The third kappa shape index (κ3) is 4.30. The molecule has 1 aromatic carbocycles. The Balaban J connectivity index is 2.63. The standard InChI is InChI=1S/C20H28N4/c1-4-6-15(8-14(3)22)17-9-16(7-5-2)19(11-21)20(10-17)24-18-12-23-13-18/h5-11,18,23-24H,2,4,12-13,21-22H2,1,3H3/b14-8-,15-6+,16-7-,19-11+. The van der Waals surface area contributed by atoms with Gasteiger partial charge in [0.05, 0.1) is 6.04 Å². The molecule has 0 unspecified atom stereocenters. The van der Waals surface area contributed by atoms with Crippen LogP contribution < -0.4 is 32.5 Å². The Morgan fingerprint density at radius 2 is 2.17 bits per heavy atom. The molecule has 1 fully saturated rings. The molecule has 4 nitrogen and oxygen atoms in total. The number of hydrogen-bond acceptors (Lipinski definition) is 4. The van der Waals surface area contributed by atoms with Gasteiger partial charge in [0.1, 0.15) is 0 Å². The molecule has 128 valence electrons. The lowest BCUT2D eigenvalue weighted by Crippen LogP contribution is -2.52. The van der Waals surface area contributed by atoms with Gasteiger partial charge < -0.3 is 22.1 Å². The van der Waals surface area contributed by atoms with Crippen LogP contribution in [0.2, 0.25) is 0 Å². The maximum Gasteiger partial charge on any atom is 0.0510 e. The molecule has 1 aliphatic heterocycles. The van der Waals surface area contributed by atoms with E-state index < -0.39 is 0 Å². The van der Waals surface area contributed by atoms with Gasteiger partial charge in [-0.1, -0.05) is 31.7 Å². The molecule has 0 spiro atoms. The average molecular weight is 324 g/mol. The number of nitrogens with two attached hydrogens (primary N) is 2. The molecule has 24 heavy (non-hydrogen) atoms. The van der Waals surface area contributed by atoms with E-state index in [9.17, 15) is 0 Å². The van der Waals surface area contributed by atoms with Crippen LogP contribution in [-0.2, 0) is 0 Å². The van der Waals surface area contributed by atoms with Gasteiger partial charge >= 0.3 is 0 Å². The molecule has 2 rings (SSSR count). The summed E-state index contributed by atoms with van der Waals surface area (Å²) in [7, 11) is 0. The number of benzene rings is 1. The normalized spacial score (nSPS) is 17.8. The summed E-state index contributed by atoms with van der Waals surface area (Å²) < 4.78 is 0. The maximum absolute atomic E-state index is 5.91. The van der Waals surface area contributed by atoms with Crippen LogP contribution >= 0.6 is 0 Å². The lowest BCUT2D eigenvalue weighted by Gasteiger charge is -2.29. The molecule has 0 bridgehead atoms. The van der Waals surface area contributed by atoms with E-state index in [1.165, 1.54) is 0 Å². The molecular formula is C20H28N4. The predicted molar refractivity (Wildman–Crippen MR) is 105 cm³/mol. The first kappa shape index (κ1) is 17.9. The van der Waals surface area contributed by atoms with Crippen LogP contribution in [0, 0.1) is 0 Å². The molecule has 1 aliphatic rings. The van der Waals surface area contributed by atoms with Gasteiger partial charge in [-0.2, -0.15) is 0 Å². The van der Waals surface area contributed by atoms with Crippen molar-refractivity contribution in [3.63, 3.8) is 0 Å². The molecular weight excluding hydrogens is 296 g/mol. The minimum Gasteiger partial charge on any atom is -0.404 e. The number of nitrogens with one attached hydrogen (secondary N) is 2. The molecule has 1 aromatic rings. The van der Waals surface area contributed by atoms with Gasteiger partial charge in [0, 0.05) is 35.9 Å². The van der Waals surface area contributed by atoms with Crippen LogP contribution in [0.3, 0.4) is 0 Å². The van der Waals surface area contributed by atoms with E-state index in [2.05, 4.69) is 42.3 Å². The fourth-order valence-corrected chi connectivity index (χ4v) is 2.75. The van der Waals surface area contributed by atoms with Gasteiger partial charge in [-0.3, -0.25) is 0 Å². The number of hydrogen-bond donors (Lipinski definition) is 4. The zero-order valence-corrected chi connectivity index (χ0v) is 14.6. The fourth-order valence-electron chi connectivity index (χ4n) is 2.75. The van der Waals surface area contributed by atoms with Gasteiger partial charge in [-0.05, 0) is 47.9 Å². The Kier molecular flexibility index (Phi) is 6.27. The molecule has 0 aromatic heterocycles. The van der Waals surface area contributed by atoms with Crippen molar-refractivity contribution >= 4 is 23.5 Å². The molecule has 6 N–H and O–H groups in total. The molecule has 1 heterocycles. The topological polar surface area (TPSA) is 76.1 Å². The van der Waals surface area contributed by atoms with Gasteiger partial charge in [-0.15, -0.1) is 0 Å². The second-order valence-corrected chi connectivity index (χ2v) is 6.05. The fraction of sp³-hybridized carbons (Fsp3) is 0.300. The van der Waals surface area contributed by atoms with Crippen molar-refractivity contribution in [2.75, 3.05) is 18.4 Å². The first-order valence-electron chi connectivity index (χ1n) is 8.39. The van der Waals surface area contributed by atoms with Crippen LogP contribution in [-0.4, -0.2) is 19.1 Å². The summed E-state index contributed by atoms with van der Waals surface area (Å²) >= 11 is 0. The summed E-state index contributed by atoms with van der Waals surface area (Å²) in [6.45, 7) is 9.78. The van der Waals surface area contributed by atoms with Crippen molar-refractivity contribution in [1.29, 1.82) is 0 Å². The van der Waals surface area contributed by atoms with E-state index in [-0.39, 0.29) is 0 Å². The minimum atomic E-state index is 0.431. The van der Waals surface area contributed by atoms with E-state index in [0.29, 0.717) is 6.04 Å². The van der Waals surface area contributed by atoms with Crippen LogP contribution in [0.5, 0.6) is 0 Å². The second kappa shape index (κ2) is 8.41. The molecule has 0 atom stereocenters. The molecule has 0 saturated carbocycles. The monoisotopic (exact) mass is 324 g/mol. The van der Waals surface area contributed by atoms with Crippen LogP contribution in [0.15, 0.2) is 42.6 Å². The molecule has 0 aliphatic carbocycles. The molecule has 1 saturated heterocycles. The Labute approximate surface area is 144 Å². The lowest BCUT2D eigenvalue weighted by molar-refractivity contribution is 0.472. The Hall–Kier alpha value is -2.46. The quantitative estimate of drug-likeness (QED) is 0.597. The summed E-state index contributed by atoms with van der Waals surface area (Å²) in [5.74, 6) is 0. The van der Waals surface area contributed by atoms with Crippen LogP contribution in [0.25, 0.3) is 17.8 Å². The highest BCUT2D eigenvalue weighted by atomic mass is 15.1. The van der Waals surface area contributed by atoms with Gasteiger partial charge in [0.2, 0.25) is 0 Å². The maximum atomic E-state index is 5.91. The number of anilines is 1. The van der Waals surface area contributed by atoms with Crippen LogP contribution in [0.4, 0.5) is 5.69 Å². The third-order valence-electron chi connectivity index (χ3n) is 3.96. The summed E-state index contributed by atoms with van der Waals surface area (Å²) in [5, 5.41) is 8.90. The molecule has 0 radical (unpaired) electrons. The highest BCUT2D eigenvalue weighted by Gasteiger charge is 2.17. The van der Waals surface area contributed by atoms with Gasteiger partial charge in [0.15, 0.2) is 0 Å². The average Bonchev–Trinajstić information content (AvgIpc) is 2.50. The smallest absolute Gasteiger partial charge is 0.0510 e. The molecule has 4 heteroatoms. The highest BCUT2D eigenvalue weighted by molar-refractivity contribution is 5.77. The first-order valence-corrected chi connectivity index (χ1v) is 8.39. The van der Waals surface area contributed by atoms with Crippen molar-refractivity contribution in [2.45, 2.75) is 26.3 Å². The molecule has 0 amide bonds. The highest BCUT2D eigenvalue weighted by Crippen LogP contribution is 2.19. The van der Waals surface area contributed by atoms with Crippen molar-refractivity contribution < 1.29 is 0 Å². The van der Waals surface area contributed by atoms with Gasteiger partial charge in [-0.25, -0.2) is 0 Å². The van der Waals surface area contributed by atoms with Crippen molar-refractivity contribution in [3.05, 3.63) is 58.6 Å². The number of rotatable bonds is 6. The predicted octanol–water partition coefficient (Wildman–Crippen LogP) is 1.39. The second-order valence-electron chi connectivity index (χ2n) is 6.05. The lowest BCUT2D eigenvalue weighted by atomic mass is 9.99. The summed E-state index contributed by atoms with van der Waals surface area (Å²) in [5.41, 5.74) is 15.9. The largest absolute Gasteiger partial charge is 0.404 e. The summed E-state index contributed by atoms with van der Waals surface area (Å²) in [4.78, 5) is 0. The van der Waals surface area contributed by atoms with E-state index >= 15 is 0 Å². The Bertz CT molecular complexity index is 764. The van der Waals surface area contributed by atoms with Crippen molar-refractivity contribution in [2.24, 2.45) is 11.5 Å². The zero-order chi connectivity index (χ0) is 17.5.